The van der Waals surface area contributed by atoms with Crippen molar-refractivity contribution in [3.05, 3.63) is 83.9 Å². The van der Waals surface area contributed by atoms with Gasteiger partial charge < -0.3 is 15.4 Å². The van der Waals surface area contributed by atoms with Crippen molar-refractivity contribution in [2.75, 3.05) is 17.7 Å². The number of hydrogen-bond donors (Lipinski definition) is 2. The van der Waals surface area contributed by atoms with E-state index in [-0.39, 0.29) is 11.6 Å². The molecule has 0 aliphatic carbocycles. The van der Waals surface area contributed by atoms with Gasteiger partial charge in [0.15, 0.2) is 0 Å². The molecule has 3 aromatic rings. The average Bonchev–Trinajstić information content (AvgIpc) is 2.79. The molecule has 5 nitrogen and oxygen atoms in total. The van der Waals surface area contributed by atoms with Gasteiger partial charge >= 0.3 is 6.18 Å². The molecule has 0 saturated carbocycles. The van der Waals surface area contributed by atoms with Gasteiger partial charge in [-0.3, -0.25) is 9.59 Å². The number of alkyl halides is 3. The molecule has 3 aromatic carbocycles. The maximum Gasteiger partial charge on any atom is 0.416 e. The molecule has 0 aliphatic heterocycles. The lowest BCUT2D eigenvalue weighted by Gasteiger charge is -2.14. The molecular weight excluding hydrogens is 453 g/mol. The first-order valence-electron chi connectivity index (χ1n) is 9.86. The summed E-state index contributed by atoms with van der Waals surface area (Å²) in [5.74, 6) is -0.0931. The van der Waals surface area contributed by atoms with Crippen LogP contribution in [0.5, 0.6) is 5.75 Å². The van der Waals surface area contributed by atoms with Gasteiger partial charge in [0, 0.05) is 21.8 Å². The number of rotatable bonds is 7. The van der Waals surface area contributed by atoms with Crippen LogP contribution in [0.15, 0.2) is 77.7 Å². The van der Waals surface area contributed by atoms with Gasteiger partial charge in [-0.1, -0.05) is 12.1 Å². The summed E-state index contributed by atoms with van der Waals surface area (Å²) in [7, 11) is 1.54. The minimum Gasteiger partial charge on any atom is -0.497 e. The van der Waals surface area contributed by atoms with Crippen LogP contribution in [0.3, 0.4) is 0 Å². The van der Waals surface area contributed by atoms with E-state index in [9.17, 15) is 22.8 Å². The van der Waals surface area contributed by atoms with E-state index in [0.717, 1.165) is 12.1 Å². The Kier molecular flexibility index (Phi) is 7.65. The summed E-state index contributed by atoms with van der Waals surface area (Å²) in [5, 5.41) is 4.72. The Balaban J connectivity index is 1.62. The third kappa shape index (κ3) is 6.76. The standard InChI is InChI=1S/C24H21F3N2O3S/c1-15(22(30)28-18-6-3-5-17(13-18)24(25,26)27)33-21-8-4-7-19(14-21)29-23(31)16-9-11-20(32-2)12-10-16/h3-15H,1-2H3,(H,28,30)(H,29,31). The average molecular weight is 475 g/mol. The second-order valence-corrected chi connectivity index (χ2v) is 8.45. The molecule has 3 rings (SSSR count). The summed E-state index contributed by atoms with van der Waals surface area (Å²) in [6.45, 7) is 1.65. The highest BCUT2D eigenvalue weighted by atomic mass is 32.2. The maximum absolute atomic E-state index is 12.9. The predicted octanol–water partition coefficient (Wildman–Crippen LogP) is 6.09. The van der Waals surface area contributed by atoms with Crippen molar-refractivity contribution in [2.45, 2.75) is 23.2 Å². The molecule has 0 bridgehead atoms. The first kappa shape index (κ1) is 24.2. The van der Waals surface area contributed by atoms with Crippen molar-refractivity contribution < 1.29 is 27.5 Å². The fourth-order valence-corrected chi connectivity index (χ4v) is 3.79. The van der Waals surface area contributed by atoms with Crippen LogP contribution in [-0.4, -0.2) is 24.2 Å². The summed E-state index contributed by atoms with van der Waals surface area (Å²) < 4.78 is 43.7. The molecule has 9 heteroatoms. The van der Waals surface area contributed by atoms with E-state index in [2.05, 4.69) is 10.6 Å². The van der Waals surface area contributed by atoms with E-state index >= 15 is 0 Å². The van der Waals surface area contributed by atoms with Crippen LogP contribution in [0.1, 0.15) is 22.8 Å². The Hall–Kier alpha value is -3.46. The molecule has 0 radical (unpaired) electrons. The number of carbonyl (C=O) groups excluding carboxylic acids is 2. The van der Waals surface area contributed by atoms with Gasteiger partial charge in [-0.2, -0.15) is 13.2 Å². The maximum atomic E-state index is 12.9. The molecule has 0 saturated heterocycles. The molecular formula is C24H21F3N2O3S. The number of benzene rings is 3. The van der Waals surface area contributed by atoms with Gasteiger partial charge in [0.05, 0.1) is 17.9 Å². The summed E-state index contributed by atoms with van der Waals surface area (Å²) in [6.07, 6.45) is -4.49. The highest BCUT2D eigenvalue weighted by molar-refractivity contribution is 8.00. The van der Waals surface area contributed by atoms with Crippen molar-refractivity contribution in [3.63, 3.8) is 0 Å². The highest BCUT2D eigenvalue weighted by Crippen LogP contribution is 2.31. The Morgan fingerprint density at radius 3 is 2.18 bits per heavy atom. The van der Waals surface area contributed by atoms with Crippen molar-refractivity contribution in [1.29, 1.82) is 0 Å². The van der Waals surface area contributed by atoms with Crippen LogP contribution in [0.4, 0.5) is 24.5 Å². The number of amides is 2. The minimum absolute atomic E-state index is 0.0720. The van der Waals surface area contributed by atoms with Crippen molar-refractivity contribution >= 4 is 35.0 Å². The fourth-order valence-electron chi connectivity index (χ4n) is 2.87. The number of carbonyl (C=O) groups is 2. The fraction of sp³-hybridized carbons (Fsp3) is 0.167. The first-order chi connectivity index (χ1) is 15.7. The van der Waals surface area contributed by atoms with Crippen LogP contribution in [0.2, 0.25) is 0 Å². The molecule has 172 valence electrons. The molecule has 0 aliphatic rings. The molecule has 0 heterocycles. The van der Waals surface area contributed by atoms with Crippen molar-refractivity contribution in [2.24, 2.45) is 0 Å². The molecule has 2 N–H and O–H groups in total. The molecule has 1 atom stereocenters. The molecule has 0 spiro atoms. The highest BCUT2D eigenvalue weighted by Gasteiger charge is 2.30. The van der Waals surface area contributed by atoms with Crippen LogP contribution in [0.25, 0.3) is 0 Å². The molecule has 0 fully saturated rings. The van der Waals surface area contributed by atoms with E-state index in [0.29, 0.717) is 21.9 Å². The lowest BCUT2D eigenvalue weighted by Crippen LogP contribution is -2.22. The number of thioether (sulfide) groups is 1. The summed E-state index contributed by atoms with van der Waals surface area (Å²) in [5.41, 5.74) is 0.248. The van der Waals surface area contributed by atoms with E-state index in [1.165, 1.54) is 23.9 Å². The number of halogens is 3. The second kappa shape index (κ2) is 10.4. The third-order valence-corrected chi connectivity index (χ3v) is 5.68. The lowest BCUT2D eigenvalue weighted by molar-refractivity contribution is -0.137. The zero-order chi connectivity index (χ0) is 24.0. The summed E-state index contributed by atoms with van der Waals surface area (Å²) >= 11 is 1.22. The van der Waals surface area contributed by atoms with Crippen LogP contribution < -0.4 is 15.4 Å². The molecule has 0 aromatic heterocycles. The van der Waals surface area contributed by atoms with Crippen LogP contribution >= 0.6 is 11.8 Å². The van der Waals surface area contributed by atoms with Crippen LogP contribution in [0, 0.1) is 0 Å². The number of hydrogen-bond acceptors (Lipinski definition) is 4. The van der Waals surface area contributed by atoms with E-state index in [1.54, 1.807) is 62.6 Å². The van der Waals surface area contributed by atoms with E-state index in [1.807, 2.05) is 0 Å². The first-order valence-corrected chi connectivity index (χ1v) is 10.7. The SMILES string of the molecule is COc1ccc(C(=O)Nc2cccc(SC(C)C(=O)Nc3cccc(C(F)(F)F)c3)c2)cc1. The summed E-state index contributed by atoms with van der Waals surface area (Å²) in [4.78, 5) is 25.7. The monoisotopic (exact) mass is 474 g/mol. The van der Waals surface area contributed by atoms with Crippen LogP contribution in [-0.2, 0) is 11.0 Å². The Bertz CT molecular complexity index is 1130. The second-order valence-electron chi connectivity index (χ2n) is 7.04. The van der Waals surface area contributed by atoms with Crippen molar-refractivity contribution in [1.82, 2.24) is 0 Å². The lowest BCUT2D eigenvalue weighted by atomic mass is 10.2. The zero-order valence-corrected chi connectivity index (χ0v) is 18.6. The number of ether oxygens (including phenoxy) is 1. The topological polar surface area (TPSA) is 67.4 Å². The third-order valence-electron chi connectivity index (χ3n) is 4.58. The predicted molar refractivity (Wildman–Crippen MR) is 123 cm³/mol. The molecule has 33 heavy (non-hydrogen) atoms. The Morgan fingerprint density at radius 1 is 0.909 bits per heavy atom. The van der Waals surface area contributed by atoms with E-state index in [4.69, 9.17) is 4.74 Å². The summed E-state index contributed by atoms with van der Waals surface area (Å²) in [6, 6.07) is 18.1. The van der Waals surface area contributed by atoms with Gasteiger partial charge in [0.25, 0.3) is 5.91 Å². The Labute approximate surface area is 193 Å². The van der Waals surface area contributed by atoms with Gasteiger partial charge in [-0.25, -0.2) is 0 Å². The number of nitrogens with one attached hydrogen (secondary N) is 2. The van der Waals surface area contributed by atoms with Gasteiger partial charge in [0.1, 0.15) is 5.75 Å². The normalized spacial score (nSPS) is 12.0. The largest absolute Gasteiger partial charge is 0.497 e. The van der Waals surface area contributed by atoms with E-state index < -0.39 is 22.9 Å². The van der Waals surface area contributed by atoms with Gasteiger partial charge in [-0.15, -0.1) is 11.8 Å². The quantitative estimate of drug-likeness (QED) is 0.407. The van der Waals surface area contributed by atoms with Crippen molar-refractivity contribution in [3.8, 4) is 5.75 Å². The Morgan fingerprint density at radius 2 is 1.55 bits per heavy atom. The minimum atomic E-state index is -4.49. The number of anilines is 2. The smallest absolute Gasteiger partial charge is 0.416 e. The van der Waals surface area contributed by atoms with Gasteiger partial charge in [0.2, 0.25) is 5.91 Å². The molecule has 2 amide bonds. The zero-order valence-electron chi connectivity index (χ0n) is 17.8. The number of methoxy groups -OCH3 is 1. The van der Waals surface area contributed by atoms with Gasteiger partial charge in [-0.05, 0) is 67.6 Å². The molecule has 1 unspecified atom stereocenters.